The van der Waals surface area contributed by atoms with Crippen LogP contribution in [0.25, 0.3) is 11.4 Å². The Morgan fingerprint density at radius 3 is 2.87 bits per heavy atom. The molecule has 1 saturated heterocycles. The first-order valence-corrected chi connectivity index (χ1v) is 9.79. The molecular weight excluding hydrogens is 384 g/mol. The number of hydrogen-bond donors (Lipinski definition) is 1. The quantitative estimate of drug-likeness (QED) is 0.534. The molecule has 1 N–H and O–H groups in total. The molecule has 1 unspecified atom stereocenters. The van der Waals surface area contributed by atoms with Crippen LogP contribution in [0.5, 0.6) is 0 Å². The molecule has 0 radical (unpaired) electrons. The van der Waals surface area contributed by atoms with Crippen molar-refractivity contribution in [2.75, 3.05) is 45.4 Å². The predicted molar refractivity (Wildman–Crippen MR) is 115 cm³/mol. The molecule has 2 aromatic rings. The fraction of sp³-hybridized carbons (Fsp3) is 0.429. The van der Waals surface area contributed by atoms with Crippen LogP contribution in [0.15, 0.2) is 52.9 Å². The van der Waals surface area contributed by atoms with Crippen molar-refractivity contribution in [2.24, 2.45) is 7.05 Å². The summed E-state index contributed by atoms with van der Waals surface area (Å²) in [6, 6.07) is 3.31. The molecule has 9 heteroatoms. The number of piperazine rings is 1. The van der Waals surface area contributed by atoms with Gasteiger partial charge in [-0.15, -0.1) is 0 Å². The summed E-state index contributed by atoms with van der Waals surface area (Å²) in [7, 11) is 5.01. The normalized spacial score (nSPS) is 17.9. The zero-order valence-corrected chi connectivity index (χ0v) is 17.8. The Hall–Kier alpha value is -3.04. The van der Waals surface area contributed by atoms with E-state index in [9.17, 15) is 4.79 Å². The molecule has 0 spiro atoms. The highest BCUT2D eigenvalue weighted by Crippen LogP contribution is 2.20. The van der Waals surface area contributed by atoms with Crippen LogP contribution in [0.1, 0.15) is 6.92 Å². The molecule has 9 nitrogen and oxygen atoms in total. The third kappa shape index (κ3) is 4.92. The summed E-state index contributed by atoms with van der Waals surface area (Å²) in [4.78, 5) is 27.6. The first-order valence-electron chi connectivity index (χ1n) is 9.79. The van der Waals surface area contributed by atoms with Crippen molar-refractivity contribution in [2.45, 2.75) is 13.0 Å². The van der Waals surface area contributed by atoms with E-state index >= 15 is 0 Å². The third-order valence-electron chi connectivity index (χ3n) is 5.03. The van der Waals surface area contributed by atoms with Gasteiger partial charge in [-0.2, -0.15) is 0 Å². The van der Waals surface area contributed by atoms with Crippen LogP contribution < -0.4 is 15.8 Å². The first kappa shape index (κ1) is 21.7. The predicted octanol–water partition coefficient (Wildman–Crippen LogP) is 1.14. The lowest BCUT2D eigenvalue weighted by molar-refractivity contribution is 0.159. The molecule has 2 aromatic heterocycles. The van der Waals surface area contributed by atoms with Gasteiger partial charge in [-0.05, 0) is 24.6 Å². The topological polar surface area (TPSA) is 94.4 Å². The molecule has 0 amide bonds. The Labute approximate surface area is 176 Å². The van der Waals surface area contributed by atoms with Gasteiger partial charge < -0.3 is 19.7 Å². The van der Waals surface area contributed by atoms with E-state index in [0.29, 0.717) is 30.5 Å². The van der Waals surface area contributed by atoms with Crippen molar-refractivity contribution in [3.05, 3.63) is 58.5 Å². The highest BCUT2D eigenvalue weighted by Gasteiger charge is 2.25. The number of nitrogens with zero attached hydrogens (tertiary/aromatic N) is 5. The fourth-order valence-electron chi connectivity index (χ4n) is 3.41. The maximum Gasteiger partial charge on any atom is 0.255 e. The lowest BCUT2D eigenvalue weighted by Crippen LogP contribution is -2.52. The van der Waals surface area contributed by atoms with Crippen LogP contribution in [0.3, 0.4) is 0 Å². The van der Waals surface area contributed by atoms with Crippen molar-refractivity contribution in [3.63, 3.8) is 0 Å². The first-order chi connectivity index (χ1) is 14.6. The highest BCUT2D eigenvalue weighted by atomic mass is 16.5. The number of hydrogen-bond acceptors (Lipinski definition) is 8. The Morgan fingerprint density at radius 1 is 1.37 bits per heavy atom. The number of rotatable bonds is 7. The maximum atomic E-state index is 12.6. The summed E-state index contributed by atoms with van der Waals surface area (Å²) in [5.41, 5.74) is 2.12. The molecule has 0 aromatic carbocycles. The number of ether oxygens (including phenoxy) is 2. The highest BCUT2D eigenvalue weighted by molar-refractivity contribution is 5.55. The van der Waals surface area contributed by atoms with Crippen molar-refractivity contribution < 1.29 is 9.47 Å². The molecule has 3 heterocycles. The van der Waals surface area contributed by atoms with Gasteiger partial charge in [0.05, 0.1) is 18.5 Å². The minimum atomic E-state index is -0.128. The van der Waals surface area contributed by atoms with Gasteiger partial charge in [0.25, 0.3) is 5.56 Å². The number of anilines is 1. The van der Waals surface area contributed by atoms with E-state index in [4.69, 9.17) is 14.5 Å². The van der Waals surface area contributed by atoms with Crippen LogP contribution in [-0.4, -0.2) is 66.0 Å². The third-order valence-corrected chi connectivity index (χ3v) is 5.03. The molecule has 1 aliphatic rings. The van der Waals surface area contributed by atoms with Gasteiger partial charge >= 0.3 is 0 Å². The summed E-state index contributed by atoms with van der Waals surface area (Å²) in [5.74, 6) is 1.37. The van der Waals surface area contributed by atoms with Crippen LogP contribution in [0, 0.1) is 0 Å². The Balaban J connectivity index is 1.90. The average molecular weight is 412 g/mol. The van der Waals surface area contributed by atoms with Gasteiger partial charge in [-0.3, -0.25) is 9.36 Å². The number of allylic oxidation sites excluding steroid dienone is 1. The molecule has 1 atom stereocenters. The van der Waals surface area contributed by atoms with Crippen molar-refractivity contribution >= 4 is 5.95 Å². The summed E-state index contributed by atoms with van der Waals surface area (Å²) in [6.45, 7) is 4.56. The molecular formula is C21H28N6O3. The molecule has 160 valence electrons. The largest absolute Gasteiger partial charge is 0.499 e. The van der Waals surface area contributed by atoms with Crippen molar-refractivity contribution in [1.82, 2.24) is 24.8 Å². The molecule has 0 aliphatic carbocycles. The second-order valence-corrected chi connectivity index (χ2v) is 6.92. The van der Waals surface area contributed by atoms with Gasteiger partial charge in [0.1, 0.15) is 18.7 Å². The summed E-state index contributed by atoms with van der Waals surface area (Å²) < 4.78 is 12.2. The summed E-state index contributed by atoms with van der Waals surface area (Å²) in [6.07, 6.45) is 7.14. The van der Waals surface area contributed by atoms with E-state index < -0.39 is 0 Å². The van der Waals surface area contributed by atoms with Crippen LogP contribution in [0.2, 0.25) is 0 Å². The number of nitrogens with one attached hydrogen (secondary N) is 1. The smallest absolute Gasteiger partial charge is 0.255 e. The van der Waals surface area contributed by atoms with E-state index in [1.807, 2.05) is 13.0 Å². The van der Waals surface area contributed by atoms with Crippen LogP contribution in [0.4, 0.5) is 5.95 Å². The Morgan fingerprint density at radius 2 is 2.20 bits per heavy atom. The molecule has 30 heavy (non-hydrogen) atoms. The minimum Gasteiger partial charge on any atom is -0.499 e. The Kier molecular flexibility index (Phi) is 7.31. The second-order valence-electron chi connectivity index (χ2n) is 6.92. The van der Waals surface area contributed by atoms with Crippen LogP contribution in [-0.2, 0) is 16.5 Å². The van der Waals surface area contributed by atoms with Gasteiger partial charge in [-0.1, -0.05) is 6.08 Å². The van der Waals surface area contributed by atoms with E-state index in [2.05, 4.69) is 26.3 Å². The zero-order valence-electron chi connectivity index (χ0n) is 17.8. The number of methoxy groups -OCH3 is 2. The van der Waals surface area contributed by atoms with Gasteiger partial charge in [-0.25, -0.2) is 15.0 Å². The molecule has 3 rings (SSSR count). The maximum absolute atomic E-state index is 12.6. The van der Waals surface area contributed by atoms with Crippen LogP contribution >= 0.6 is 0 Å². The standard InChI is InChI=1S/C21H28N6O3/c1-5-15(10-16(30-4)13-29-3)19-12-27(9-8-23-19)21-25-18(11-20(28)26(21)2)17-6-7-22-14-24-17/h5-7,10-11,14,19,23H,8-9,12-13H2,1-4H3/b15-5+,16-10+. The monoisotopic (exact) mass is 412 g/mol. The molecule has 1 fully saturated rings. The van der Waals surface area contributed by atoms with E-state index in [-0.39, 0.29) is 11.6 Å². The van der Waals surface area contributed by atoms with E-state index in [0.717, 1.165) is 24.4 Å². The fourth-order valence-corrected chi connectivity index (χ4v) is 3.41. The zero-order chi connectivity index (χ0) is 21.5. The van der Waals surface area contributed by atoms with Crippen molar-refractivity contribution in [3.8, 4) is 11.4 Å². The molecule has 0 bridgehead atoms. The summed E-state index contributed by atoms with van der Waals surface area (Å²) >= 11 is 0. The van der Waals surface area contributed by atoms with Gasteiger partial charge in [0, 0.05) is 52.1 Å². The number of aromatic nitrogens is 4. The average Bonchev–Trinajstić information content (AvgIpc) is 2.79. The SMILES string of the molecule is C/C=C(\C=C(/COC)OC)C1CN(c2nc(-c3ccncn3)cc(=O)n2C)CCN1. The Bertz CT molecular complexity index is 970. The summed E-state index contributed by atoms with van der Waals surface area (Å²) in [5, 5.41) is 3.54. The van der Waals surface area contributed by atoms with Gasteiger partial charge in [0.15, 0.2) is 0 Å². The molecule has 1 aliphatic heterocycles. The second kappa shape index (κ2) is 10.1. The van der Waals surface area contributed by atoms with E-state index in [1.165, 1.54) is 12.4 Å². The molecule has 0 saturated carbocycles. The lowest BCUT2D eigenvalue weighted by Gasteiger charge is -2.35. The van der Waals surface area contributed by atoms with Gasteiger partial charge in [0.2, 0.25) is 5.95 Å². The lowest BCUT2D eigenvalue weighted by atomic mass is 10.0. The van der Waals surface area contributed by atoms with Crippen molar-refractivity contribution in [1.29, 1.82) is 0 Å². The minimum absolute atomic E-state index is 0.0605. The van der Waals surface area contributed by atoms with E-state index in [1.54, 1.807) is 38.1 Å².